The third-order valence-electron chi connectivity index (χ3n) is 2.50. The van der Waals surface area contributed by atoms with E-state index in [9.17, 15) is 0 Å². The van der Waals surface area contributed by atoms with Gasteiger partial charge in [0.05, 0.1) is 5.69 Å². The average Bonchev–Trinajstić information content (AvgIpc) is 2.63. The van der Waals surface area contributed by atoms with Crippen molar-refractivity contribution >= 4 is 11.8 Å². The highest BCUT2D eigenvalue weighted by Gasteiger charge is 2.20. The van der Waals surface area contributed by atoms with Gasteiger partial charge in [0, 0.05) is 29.8 Å². The molecule has 0 aromatic carbocycles. The summed E-state index contributed by atoms with van der Waals surface area (Å²) in [6.45, 7) is 3.20. The van der Waals surface area contributed by atoms with Crippen molar-refractivity contribution in [2.45, 2.75) is 31.2 Å². The second-order valence-electron chi connectivity index (χ2n) is 3.78. The summed E-state index contributed by atoms with van der Waals surface area (Å²) < 4.78 is 0. The van der Waals surface area contributed by atoms with E-state index in [2.05, 4.69) is 35.1 Å². The zero-order valence-electron chi connectivity index (χ0n) is 8.44. The predicted octanol–water partition coefficient (Wildman–Crippen LogP) is 2.07. The number of hydrogen-bond acceptors (Lipinski definition) is 3. The Kier molecular flexibility index (Phi) is 3.43. The van der Waals surface area contributed by atoms with Crippen molar-refractivity contribution in [3.8, 4) is 0 Å². The molecule has 3 heteroatoms. The van der Waals surface area contributed by atoms with E-state index in [-0.39, 0.29) is 0 Å². The Labute approximate surface area is 89.5 Å². The van der Waals surface area contributed by atoms with E-state index in [0.717, 1.165) is 17.5 Å². The van der Waals surface area contributed by atoms with Crippen molar-refractivity contribution in [2.24, 2.45) is 0 Å². The minimum atomic E-state index is 0.678. The Morgan fingerprint density at radius 3 is 3.14 bits per heavy atom. The fraction of sp³-hybridized carbons (Fsp3) is 0.545. The van der Waals surface area contributed by atoms with Gasteiger partial charge in [0.15, 0.2) is 0 Å². The molecule has 1 aliphatic rings. The zero-order chi connectivity index (χ0) is 9.80. The standard InChI is InChI=1S/C11H16N2S/c1-9-6-11(8-14-9)13-7-10-4-2-3-5-12-10/h2-5,9,11,13H,6-8H2,1H3. The monoisotopic (exact) mass is 208 g/mol. The van der Waals surface area contributed by atoms with E-state index in [1.54, 1.807) is 0 Å². The first kappa shape index (κ1) is 9.99. The molecule has 0 bridgehead atoms. The van der Waals surface area contributed by atoms with Crippen molar-refractivity contribution in [2.75, 3.05) is 5.75 Å². The van der Waals surface area contributed by atoms with Gasteiger partial charge in [0.25, 0.3) is 0 Å². The van der Waals surface area contributed by atoms with Gasteiger partial charge >= 0.3 is 0 Å². The normalized spacial score (nSPS) is 26.6. The summed E-state index contributed by atoms with van der Waals surface area (Å²) in [7, 11) is 0. The fourth-order valence-corrected chi connectivity index (χ4v) is 2.89. The van der Waals surface area contributed by atoms with Crippen molar-refractivity contribution in [3.63, 3.8) is 0 Å². The Bertz CT molecular complexity index is 276. The van der Waals surface area contributed by atoms with Crippen molar-refractivity contribution in [1.29, 1.82) is 0 Å². The van der Waals surface area contributed by atoms with Gasteiger partial charge in [0.1, 0.15) is 0 Å². The summed E-state index contributed by atoms with van der Waals surface area (Å²) in [5, 5.41) is 4.36. The number of hydrogen-bond donors (Lipinski definition) is 1. The van der Waals surface area contributed by atoms with Crippen molar-refractivity contribution in [3.05, 3.63) is 30.1 Å². The molecular weight excluding hydrogens is 192 g/mol. The minimum absolute atomic E-state index is 0.678. The second-order valence-corrected chi connectivity index (χ2v) is 5.25. The number of aromatic nitrogens is 1. The minimum Gasteiger partial charge on any atom is -0.308 e. The Morgan fingerprint density at radius 1 is 1.57 bits per heavy atom. The summed E-state index contributed by atoms with van der Waals surface area (Å²) in [4.78, 5) is 4.29. The summed E-state index contributed by atoms with van der Waals surface area (Å²) >= 11 is 2.06. The molecule has 0 saturated carbocycles. The van der Waals surface area contributed by atoms with Gasteiger partial charge in [-0.1, -0.05) is 13.0 Å². The Morgan fingerprint density at radius 2 is 2.50 bits per heavy atom. The Hall–Kier alpha value is -0.540. The lowest BCUT2D eigenvalue weighted by molar-refractivity contribution is 0.533. The quantitative estimate of drug-likeness (QED) is 0.823. The molecule has 1 aromatic heterocycles. The van der Waals surface area contributed by atoms with E-state index in [0.29, 0.717) is 6.04 Å². The molecule has 0 radical (unpaired) electrons. The van der Waals surface area contributed by atoms with Gasteiger partial charge in [-0.15, -0.1) is 0 Å². The molecule has 0 spiro atoms. The maximum atomic E-state index is 4.29. The fourth-order valence-electron chi connectivity index (χ4n) is 1.71. The number of nitrogens with zero attached hydrogens (tertiary/aromatic N) is 1. The first-order chi connectivity index (χ1) is 6.84. The highest BCUT2D eigenvalue weighted by molar-refractivity contribution is 8.00. The number of nitrogens with one attached hydrogen (secondary N) is 1. The molecule has 0 amide bonds. The molecule has 2 atom stereocenters. The third kappa shape index (κ3) is 2.72. The number of thioether (sulfide) groups is 1. The first-order valence-electron chi connectivity index (χ1n) is 5.09. The molecule has 2 heterocycles. The van der Waals surface area contributed by atoms with Gasteiger partial charge in [0.2, 0.25) is 0 Å². The lowest BCUT2D eigenvalue weighted by atomic mass is 10.2. The molecule has 0 aliphatic carbocycles. The maximum Gasteiger partial charge on any atom is 0.0541 e. The second kappa shape index (κ2) is 4.80. The lowest BCUT2D eigenvalue weighted by Gasteiger charge is -2.10. The van der Waals surface area contributed by atoms with Gasteiger partial charge in [-0.2, -0.15) is 11.8 Å². The van der Waals surface area contributed by atoms with Crippen molar-refractivity contribution in [1.82, 2.24) is 10.3 Å². The summed E-state index contributed by atoms with van der Waals surface area (Å²) in [6, 6.07) is 6.74. The van der Waals surface area contributed by atoms with Gasteiger partial charge in [-0.25, -0.2) is 0 Å². The molecular formula is C11H16N2S. The largest absolute Gasteiger partial charge is 0.308 e. The number of pyridine rings is 1. The number of rotatable bonds is 3. The molecule has 2 nitrogen and oxygen atoms in total. The molecule has 14 heavy (non-hydrogen) atoms. The lowest BCUT2D eigenvalue weighted by Crippen LogP contribution is -2.28. The van der Waals surface area contributed by atoms with Crippen LogP contribution in [0.4, 0.5) is 0 Å². The van der Waals surface area contributed by atoms with Crippen LogP contribution >= 0.6 is 11.8 Å². The molecule has 76 valence electrons. The van der Waals surface area contributed by atoms with Gasteiger partial charge in [-0.3, -0.25) is 4.98 Å². The molecule has 1 aliphatic heterocycles. The third-order valence-corrected chi connectivity index (χ3v) is 3.85. The molecule has 1 aromatic rings. The van der Waals surface area contributed by atoms with Crippen LogP contribution < -0.4 is 5.32 Å². The van der Waals surface area contributed by atoms with Crippen LogP contribution in [0.15, 0.2) is 24.4 Å². The van der Waals surface area contributed by atoms with Gasteiger partial charge < -0.3 is 5.32 Å². The summed E-state index contributed by atoms with van der Waals surface area (Å²) in [6.07, 6.45) is 3.14. The van der Waals surface area contributed by atoms with Crippen molar-refractivity contribution < 1.29 is 0 Å². The van der Waals surface area contributed by atoms with Crippen LogP contribution in [0, 0.1) is 0 Å². The predicted molar refractivity (Wildman–Crippen MR) is 61.4 cm³/mol. The topological polar surface area (TPSA) is 24.9 Å². The van der Waals surface area contributed by atoms with Crippen LogP contribution in [0.2, 0.25) is 0 Å². The smallest absolute Gasteiger partial charge is 0.0541 e. The zero-order valence-corrected chi connectivity index (χ0v) is 9.26. The summed E-state index contributed by atoms with van der Waals surface area (Å²) in [5.74, 6) is 1.24. The molecule has 1 N–H and O–H groups in total. The summed E-state index contributed by atoms with van der Waals surface area (Å²) in [5.41, 5.74) is 1.14. The van der Waals surface area contributed by atoms with E-state index >= 15 is 0 Å². The van der Waals surface area contributed by atoms with E-state index in [1.165, 1.54) is 12.2 Å². The van der Waals surface area contributed by atoms with E-state index < -0.39 is 0 Å². The van der Waals surface area contributed by atoms with Crippen LogP contribution in [0.1, 0.15) is 19.0 Å². The van der Waals surface area contributed by atoms with E-state index in [4.69, 9.17) is 0 Å². The van der Waals surface area contributed by atoms with Crippen LogP contribution in [-0.2, 0) is 6.54 Å². The highest BCUT2D eigenvalue weighted by atomic mass is 32.2. The van der Waals surface area contributed by atoms with E-state index in [1.807, 2.05) is 18.3 Å². The van der Waals surface area contributed by atoms with Crippen LogP contribution in [0.5, 0.6) is 0 Å². The SMILES string of the molecule is CC1CC(NCc2ccccn2)CS1. The molecule has 2 unspecified atom stereocenters. The first-order valence-corrected chi connectivity index (χ1v) is 6.14. The Balaban J connectivity index is 1.78. The molecule has 1 fully saturated rings. The molecule has 2 rings (SSSR count). The average molecular weight is 208 g/mol. The molecule has 1 saturated heterocycles. The maximum absolute atomic E-state index is 4.29. The van der Waals surface area contributed by atoms with Gasteiger partial charge in [-0.05, 0) is 18.6 Å². The highest BCUT2D eigenvalue weighted by Crippen LogP contribution is 2.25. The van der Waals surface area contributed by atoms with Crippen LogP contribution in [0.25, 0.3) is 0 Å². The van der Waals surface area contributed by atoms with Crippen LogP contribution in [0.3, 0.4) is 0 Å². The van der Waals surface area contributed by atoms with Crippen LogP contribution in [-0.4, -0.2) is 22.0 Å².